The highest BCUT2D eigenvalue weighted by molar-refractivity contribution is 9.13. The van der Waals surface area contributed by atoms with Crippen LogP contribution in [-0.4, -0.2) is 11.2 Å². The standard InChI is InChI=1S/C13H10Br3NOS/c14-7-10(8-4-2-1-3-5-8)17-13(18)11-6-9(15)12(16)19-11/h1-6,10H,7H2,(H,17,18). The summed E-state index contributed by atoms with van der Waals surface area (Å²) in [6.07, 6.45) is 0. The Hall–Kier alpha value is -0.170. The maximum Gasteiger partial charge on any atom is 0.261 e. The van der Waals surface area contributed by atoms with Gasteiger partial charge in [-0.15, -0.1) is 11.3 Å². The van der Waals surface area contributed by atoms with Crippen LogP contribution < -0.4 is 5.32 Å². The third kappa shape index (κ3) is 3.90. The Labute approximate surface area is 141 Å². The quantitative estimate of drug-likeness (QED) is 0.620. The van der Waals surface area contributed by atoms with E-state index in [2.05, 4.69) is 53.1 Å². The molecule has 2 rings (SSSR count). The van der Waals surface area contributed by atoms with Gasteiger partial charge in [-0.25, -0.2) is 0 Å². The van der Waals surface area contributed by atoms with Crippen molar-refractivity contribution in [3.63, 3.8) is 0 Å². The molecule has 19 heavy (non-hydrogen) atoms. The minimum absolute atomic E-state index is 0.0339. The normalized spacial score (nSPS) is 12.2. The summed E-state index contributed by atoms with van der Waals surface area (Å²) in [5.74, 6) is -0.0651. The number of halogens is 3. The van der Waals surface area contributed by atoms with E-state index in [4.69, 9.17) is 0 Å². The first-order chi connectivity index (χ1) is 9.11. The van der Waals surface area contributed by atoms with Crippen LogP contribution in [0.1, 0.15) is 21.3 Å². The van der Waals surface area contributed by atoms with E-state index in [0.717, 1.165) is 13.8 Å². The zero-order valence-electron chi connectivity index (χ0n) is 9.70. The van der Waals surface area contributed by atoms with E-state index in [1.54, 1.807) is 0 Å². The van der Waals surface area contributed by atoms with Crippen molar-refractivity contribution in [3.8, 4) is 0 Å². The van der Waals surface area contributed by atoms with Crippen LogP contribution in [0.25, 0.3) is 0 Å². The van der Waals surface area contributed by atoms with Gasteiger partial charge in [0.15, 0.2) is 0 Å². The highest BCUT2D eigenvalue weighted by atomic mass is 79.9. The highest BCUT2D eigenvalue weighted by Crippen LogP contribution is 2.32. The number of carbonyl (C=O) groups is 1. The van der Waals surface area contributed by atoms with Gasteiger partial charge in [0.05, 0.1) is 14.7 Å². The number of alkyl halides is 1. The largest absolute Gasteiger partial charge is 0.344 e. The van der Waals surface area contributed by atoms with Gasteiger partial charge in [-0.2, -0.15) is 0 Å². The first kappa shape index (κ1) is 15.2. The number of hydrogen-bond donors (Lipinski definition) is 1. The molecule has 0 aliphatic rings. The van der Waals surface area contributed by atoms with E-state index in [1.165, 1.54) is 11.3 Å². The summed E-state index contributed by atoms with van der Waals surface area (Å²) in [5, 5.41) is 3.70. The number of benzene rings is 1. The van der Waals surface area contributed by atoms with Crippen LogP contribution in [-0.2, 0) is 0 Å². The molecule has 6 heteroatoms. The molecule has 2 aromatic rings. The number of nitrogens with one attached hydrogen (secondary N) is 1. The molecule has 0 spiro atoms. The molecule has 100 valence electrons. The van der Waals surface area contributed by atoms with Crippen molar-refractivity contribution >= 4 is 65.0 Å². The molecule has 0 aliphatic heterocycles. The molecule has 1 N–H and O–H groups in total. The average Bonchev–Trinajstić information content (AvgIpc) is 2.77. The number of amides is 1. The first-order valence-corrected chi connectivity index (χ1v) is 9.01. The lowest BCUT2D eigenvalue weighted by molar-refractivity contribution is 0.0945. The van der Waals surface area contributed by atoms with Crippen LogP contribution >= 0.6 is 59.1 Å². The molecule has 0 fully saturated rings. The monoisotopic (exact) mass is 465 g/mol. The zero-order chi connectivity index (χ0) is 13.8. The summed E-state index contributed by atoms with van der Waals surface area (Å²) in [5.41, 5.74) is 1.09. The third-order valence-electron chi connectivity index (χ3n) is 2.53. The van der Waals surface area contributed by atoms with Crippen LogP contribution in [0.2, 0.25) is 0 Å². The Bertz CT molecular complexity index is 551. The lowest BCUT2D eigenvalue weighted by atomic mass is 10.1. The molecular weight excluding hydrogens is 458 g/mol. The van der Waals surface area contributed by atoms with Crippen molar-refractivity contribution in [1.29, 1.82) is 0 Å². The van der Waals surface area contributed by atoms with Gasteiger partial charge < -0.3 is 5.32 Å². The maximum absolute atomic E-state index is 12.2. The number of hydrogen-bond acceptors (Lipinski definition) is 2. The number of thiophene rings is 1. The van der Waals surface area contributed by atoms with Crippen LogP contribution in [0.15, 0.2) is 44.7 Å². The molecule has 0 aliphatic carbocycles. The van der Waals surface area contributed by atoms with Crippen molar-refractivity contribution in [2.24, 2.45) is 0 Å². The minimum atomic E-state index is -0.0651. The smallest absolute Gasteiger partial charge is 0.261 e. The molecule has 1 amide bonds. The fourth-order valence-corrected chi connectivity index (χ4v) is 4.06. The summed E-state index contributed by atoms with van der Waals surface area (Å²) in [7, 11) is 0. The number of rotatable bonds is 4. The van der Waals surface area contributed by atoms with E-state index in [9.17, 15) is 4.79 Å². The second kappa shape index (κ2) is 7.02. The van der Waals surface area contributed by atoms with Gasteiger partial charge in [0, 0.05) is 9.80 Å². The molecule has 0 saturated carbocycles. The average molecular weight is 468 g/mol. The topological polar surface area (TPSA) is 29.1 Å². The molecule has 1 aromatic heterocycles. The highest BCUT2D eigenvalue weighted by Gasteiger charge is 2.17. The zero-order valence-corrected chi connectivity index (χ0v) is 15.3. The molecule has 0 saturated heterocycles. The first-order valence-electron chi connectivity index (χ1n) is 5.48. The third-order valence-corrected chi connectivity index (χ3v) is 6.43. The maximum atomic E-state index is 12.2. The van der Waals surface area contributed by atoms with E-state index in [-0.39, 0.29) is 11.9 Å². The molecule has 2 nitrogen and oxygen atoms in total. The van der Waals surface area contributed by atoms with Crippen LogP contribution in [0.4, 0.5) is 0 Å². The van der Waals surface area contributed by atoms with Gasteiger partial charge in [-0.1, -0.05) is 46.3 Å². The van der Waals surface area contributed by atoms with Crippen molar-refractivity contribution in [3.05, 3.63) is 55.1 Å². The van der Waals surface area contributed by atoms with E-state index in [1.807, 2.05) is 36.4 Å². The predicted molar refractivity (Wildman–Crippen MR) is 90.2 cm³/mol. The second-order valence-corrected chi connectivity index (χ2v) is 7.70. The van der Waals surface area contributed by atoms with E-state index >= 15 is 0 Å². The summed E-state index contributed by atoms with van der Waals surface area (Å²) in [6, 6.07) is 11.7. The molecule has 1 atom stereocenters. The van der Waals surface area contributed by atoms with Crippen LogP contribution in [0, 0.1) is 0 Å². The molecular formula is C13H10Br3NOS. The fourth-order valence-electron chi connectivity index (χ4n) is 1.58. The Morgan fingerprint density at radius 1 is 1.26 bits per heavy atom. The Morgan fingerprint density at radius 2 is 1.95 bits per heavy atom. The SMILES string of the molecule is O=C(NC(CBr)c1ccccc1)c1cc(Br)c(Br)s1. The van der Waals surface area contributed by atoms with E-state index in [0.29, 0.717) is 10.2 Å². The van der Waals surface area contributed by atoms with Gasteiger partial charge in [-0.05, 0) is 43.5 Å². The van der Waals surface area contributed by atoms with Crippen molar-refractivity contribution in [2.45, 2.75) is 6.04 Å². The molecule has 1 aromatic carbocycles. The Morgan fingerprint density at radius 3 is 2.47 bits per heavy atom. The lowest BCUT2D eigenvalue weighted by Gasteiger charge is -2.16. The van der Waals surface area contributed by atoms with Crippen molar-refractivity contribution in [1.82, 2.24) is 5.32 Å². The van der Waals surface area contributed by atoms with Crippen molar-refractivity contribution in [2.75, 3.05) is 5.33 Å². The predicted octanol–water partition coefficient (Wildman–Crippen LogP) is 5.14. The molecule has 1 heterocycles. The molecule has 0 bridgehead atoms. The summed E-state index contributed by atoms with van der Waals surface area (Å²) < 4.78 is 1.82. The van der Waals surface area contributed by atoms with Gasteiger partial charge in [0.25, 0.3) is 5.91 Å². The minimum Gasteiger partial charge on any atom is -0.344 e. The molecule has 1 unspecified atom stereocenters. The summed E-state index contributed by atoms with van der Waals surface area (Å²) in [4.78, 5) is 12.9. The Balaban J connectivity index is 2.13. The molecule has 0 radical (unpaired) electrons. The Kier molecular flexibility index (Phi) is 5.62. The van der Waals surface area contributed by atoms with Crippen LogP contribution in [0.5, 0.6) is 0 Å². The van der Waals surface area contributed by atoms with E-state index < -0.39 is 0 Å². The van der Waals surface area contributed by atoms with Crippen molar-refractivity contribution < 1.29 is 4.79 Å². The summed E-state index contributed by atoms with van der Waals surface area (Å²) in [6.45, 7) is 0. The fraction of sp³-hybridized carbons (Fsp3) is 0.154. The van der Waals surface area contributed by atoms with Crippen LogP contribution in [0.3, 0.4) is 0 Å². The lowest BCUT2D eigenvalue weighted by Crippen LogP contribution is -2.28. The summed E-state index contributed by atoms with van der Waals surface area (Å²) >= 11 is 11.6. The van der Waals surface area contributed by atoms with Gasteiger partial charge in [-0.3, -0.25) is 4.79 Å². The van der Waals surface area contributed by atoms with Gasteiger partial charge in [0.1, 0.15) is 0 Å². The number of carbonyl (C=O) groups excluding carboxylic acids is 1. The second-order valence-electron chi connectivity index (χ2n) is 3.82. The van der Waals surface area contributed by atoms with Gasteiger partial charge in [0.2, 0.25) is 0 Å². The van der Waals surface area contributed by atoms with Gasteiger partial charge >= 0.3 is 0 Å².